The summed E-state index contributed by atoms with van der Waals surface area (Å²) in [6.07, 6.45) is 3.88. The molecule has 2 aromatic carbocycles. The van der Waals surface area contributed by atoms with Crippen LogP contribution in [0.1, 0.15) is 55.2 Å². The summed E-state index contributed by atoms with van der Waals surface area (Å²) >= 11 is 0. The summed E-state index contributed by atoms with van der Waals surface area (Å²) in [5, 5.41) is 0. The van der Waals surface area contributed by atoms with Gasteiger partial charge in [-0.15, -0.1) is 0 Å². The van der Waals surface area contributed by atoms with Crippen LogP contribution in [0.3, 0.4) is 0 Å². The molecule has 1 saturated heterocycles. The van der Waals surface area contributed by atoms with Gasteiger partial charge < -0.3 is 4.90 Å². The molecule has 4 rings (SSSR count). The third kappa shape index (κ3) is 4.01. The lowest BCUT2D eigenvalue weighted by molar-refractivity contribution is -0.144. The summed E-state index contributed by atoms with van der Waals surface area (Å²) in [5.41, 5.74) is 1.66. The number of carbonyl (C=O) groups is 3. The molecule has 162 valence electrons. The Hall–Kier alpha value is -2.95. The zero-order chi connectivity index (χ0) is 22.0. The van der Waals surface area contributed by atoms with Gasteiger partial charge in [0, 0.05) is 32.5 Å². The summed E-state index contributed by atoms with van der Waals surface area (Å²) in [4.78, 5) is 43.4. The quantitative estimate of drug-likeness (QED) is 0.667. The second-order valence-electron chi connectivity index (χ2n) is 8.99. The van der Waals surface area contributed by atoms with Gasteiger partial charge in [0.25, 0.3) is 0 Å². The fourth-order valence-corrected chi connectivity index (χ4v) is 5.19. The van der Waals surface area contributed by atoms with E-state index in [1.807, 2.05) is 61.5 Å². The van der Waals surface area contributed by atoms with Crippen LogP contribution < -0.4 is 0 Å². The predicted octanol–water partition coefficient (Wildman–Crippen LogP) is 3.98. The molecule has 5 heteroatoms. The van der Waals surface area contributed by atoms with Crippen molar-refractivity contribution in [1.82, 2.24) is 9.80 Å². The molecule has 1 aliphatic heterocycles. The van der Waals surface area contributed by atoms with Crippen LogP contribution in [-0.2, 0) is 26.3 Å². The molecule has 2 aromatic rings. The van der Waals surface area contributed by atoms with Crippen molar-refractivity contribution in [3.63, 3.8) is 0 Å². The van der Waals surface area contributed by atoms with Gasteiger partial charge in [0.2, 0.25) is 17.7 Å². The topological polar surface area (TPSA) is 57.7 Å². The molecule has 2 aliphatic rings. The molecule has 2 fully saturated rings. The van der Waals surface area contributed by atoms with E-state index < -0.39 is 5.41 Å². The van der Waals surface area contributed by atoms with Crippen LogP contribution in [0.25, 0.3) is 0 Å². The van der Waals surface area contributed by atoms with E-state index in [1.54, 1.807) is 11.9 Å². The van der Waals surface area contributed by atoms with Crippen molar-refractivity contribution in [3.05, 3.63) is 71.3 Å². The maximum absolute atomic E-state index is 13.8. The molecule has 0 spiro atoms. The van der Waals surface area contributed by atoms with Crippen LogP contribution in [-0.4, -0.2) is 40.6 Å². The Bertz CT molecular complexity index is 981. The Morgan fingerprint density at radius 2 is 1.68 bits per heavy atom. The van der Waals surface area contributed by atoms with Crippen molar-refractivity contribution in [2.75, 3.05) is 7.05 Å². The number of nitrogens with zero attached hydrogens (tertiary/aromatic N) is 2. The Morgan fingerprint density at radius 1 is 1.03 bits per heavy atom. The van der Waals surface area contributed by atoms with E-state index in [-0.39, 0.29) is 36.6 Å². The zero-order valence-electron chi connectivity index (χ0n) is 18.3. The highest BCUT2D eigenvalue weighted by molar-refractivity contribution is 6.11. The lowest BCUT2D eigenvalue weighted by Gasteiger charge is -2.31. The molecular weight excluding hydrogens is 388 g/mol. The molecule has 31 heavy (non-hydrogen) atoms. The van der Waals surface area contributed by atoms with Gasteiger partial charge in [0.05, 0.1) is 5.41 Å². The minimum atomic E-state index is -1.12. The highest BCUT2D eigenvalue weighted by Gasteiger charge is 2.56. The van der Waals surface area contributed by atoms with Crippen molar-refractivity contribution >= 4 is 17.7 Å². The fourth-order valence-electron chi connectivity index (χ4n) is 5.19. The lowest BCUT2D eigenvalue weighted by atomic mass is 9.74. The smallest absolute Gasteiger partial charge is 0.241 e. The summed E-state index contributed by atoms with van der Waals surface area (Å²) in [6, 6.07) is 17.4. The van der Waals surface area contributed by atoms with Crippen LogP contribution in [0, 0.1) is 6.92 Å². The standard InChI is InChI=1S/C26H30N2O3/c1-19-10-6-9-15-22(19)26(16-23(29)27(2)18-20-11-4-3-5-12-20)17-24(30)28(25(26)31)21-13-7-8-14-21/h3-6,9-12,15,21H,7-8,13-14,16-18H2,1-2H3. The first kappa shape index (κ1) is 21.3. The summed E-state index contributed by atoms with van der Waals surface area (Å²) in [7, 11) is 1.76. The Labute approximate surface area is 184 Å². The van der Waals surface area contributed by atoms with E-state index in [2.05, 4.69) is 0 Å². The monoisotopic (exact) mass is 418 g/mol. The Balaban J connectivity index is 1.65. The molecule has 1 unspecified atom stereocenters. The maximum Gasteiger partial charge on any atom is 0.241 e. The van der Waals surface area contributed by atoms with Gasteiger partial charge in [-0.3, -0.25) is 19.3 Å². The fraction of sp³-hybridized carbons (Fsp3) is 0.423. The van der Waals surface area contributed by atoms with Crippen LogP contribution in [0.2, 0.25) is 0 Å². The lowest BCUT2D eigenvalue weighted by Crippen LogP contribution is -2.45. The number of hydrogen-bond donors (Lipinski definition) is 0. The highest BCUT2D eigenvalue weighted by atomic mass is 16.2. The molecule has 3 amide bonds. The molecule has 1 saturated carbocycles. The summed E-state index contributed by atoms with van der Waals surface area (Å²) < 4.78 is 0. The average Bonchev–Trinajstić information content (AvgIpc) is 3.36. The second-order valence-corrected chi connectivity index (χ2v) is 8.99. The minimum absolute atomic E-state index is 0.00891. The van der Waals surface area contributed by atoms with E-state index >= 15 is 0 Å². The van der Waals surface area contributed by atoms with E-state index in [0.29, 0.717) is 6.54 Å². The van der Waals surface area contributed by atoms with Crippen molar-refractivity contribution in [3.8, 4) is 0 Å². The van der Waals surface area contributed by atoms with Gasteiger partial charge >= 0.3 is 0 Å². The average molecular weight is 419 g/mol. The van der Waals surface area contributed by atoms with Gasteiger partial charge in [-0.2, -0.15) is 0 Å². The first-order valence-electron chi connectivity index (χ1n) is 11.1. The first-order valence-corrected chi connectivity index (χ1v) is 11.1. The van der Waals surface area contributed by atoms with Gasteiger partial charge in [-0.05, 0) is 36.5 Å². The number of aryl methyl sites for hydroxylation is 1. The molecular formula is C26H30N2O3. The van der Waals surface area contributed by atoms with Crippen molar-refractivity contribution < 1.29 is 14.4 Å². The molecule has 1 aliphatic carbocycles. The number of hydrogen-bond acceptors (Lipinski definition) is 3. The molecule has 0 N–H and O–H groups in total. The first-order chi connectivity index (χ1) is 14.9. The van der Waals surface area contributed by atoms with Crippen LogP contribution in [0.4, 0.5) is 0 Å². The second kappa shape index (κ2) is 8.66. The van der Waals surface area contributed by atoms with Crippen LogP contribution in [0.15, 0.2) is 54.6 Å². The summed E-state index contributed by atoms with van der Waals surface area (Å²) in [5.74, 6) is -0.458. The van der Waals surface area contributed by atoms with E-state index in [9.17, 15) is 14.4 Å². The third-order valence-corrected chi connectivity index (χ3v) is 6.84. The molecule has 0 radical (unpaired) electrons. The number of benzene rings is 2. The van der Waals surface area contributed by atoms with E-state index in [4.69, 9.17) is 0 Å². The van der Waals surface area contributed by atoms with Gasteiger partial charge in [0.1, 0.15) is 0 Å². The minimum Gasteiger partial charge on any atom is -0.341 e. The largest absolute Gasteiger partial charge is 0.341 e. The van der Waals surface area contributed by atoms with Crippen molar-refractivity contribution in [1.29, 1.82) is 0 Å². The Kier molecular flexibility index (Phi) is 5.94. The number of likely N-dealkylation sites (tertiary alicyclic amines) is 1. The zero-order valence-corrected chi connectivity index (χ0v) is 18.3. The summed E-state index contributed by atoms with van der Waals surface area (Å²) in [6.45, 7) is 2.42. The van der Waals surface area contributed by atoms with Gasteiger partial charge in [-0.1, -0.05) is 67.4 Å². The SMILES string of the molecule is Cc1ccccc1C1(CC(=O)N(C)Cc2ccccc2)CC(=O)N(C2CCCC2)C1=O. The van der Waals surface area contributed by atoms with E-state index in [0.717, 1.165) is 42.4 Å². The maximum atomic E-state index is 13.8. The number of amides is 3. The molecule has 1 atom stereocenters. The number of imide groups is 1. The van der Waals surface area contributed by atoms with Crippen LogP contribution >= 0.6 is 0 Å². The molecule has 0 aromatic heterocycles. The molecule has 5 nitrogen and oxygen atoms in total. The van der Waals surface area contributed by atoms with Gasteiger partial charge in [-0.25, -0.2) is 0 Å². The van der Waals surface area contributed by atoms with Crippen molar-refractivity contribution in [2.45, 2.75) is 63.5 Å². The highest BCUT2D eigenvalue weighted by Crippen LogP contribution is 2.44. The number of carbonyl (C=O) groups excluding carboxylic acids is 3. The predicted molar refractivity (Wildman–Crippen MR) is 119 cm³/mol. The molecule has 1 heterocycles. The van der Waals surface area contributed by atoms with Gasteiger partial charge in [0.15, 0.2) is 0 Å². The molecule has 0 bridgehead atoms. The van der Waals surface area contributed by atoms with Crippen molar-refractivity contribution in [2.24, 2.45) is 0 Å². The third-order valence-electron chi connectivity index (χ3n) is 6.84. The van der Waals surface area contributed by atoms with Crippen LogP contribution in [0.5, 0.6) is 0 Å². The Morgan fingerprint density at radius 3 is 2.35 bits per heavy atom. The normalized spacial score (nSPS) is 21.7. The number of rotatable bonds is 6. The van der Waals surface area contributed by atoms with E-state index in [1.165, 1.54) is 4.90 Å².